The Morgan fingerprint density at radius 3 is 2.03 bits per heavy atom. The summed E-state index contributed by atoms with van der Waals surface area (Å²) in [6, 6.07) is 2.13. The second kappa shape index (κ2) is 8.75. The maximum atomic E-state index is 12.9. The van der Waals surface area contributed by atoms with Gasteiger partial charge in [-0.25, -0.2) is 0 Å². The third kappa shape index (κ3) is 4.52. The van der Waals surface area contributed by atoms with Gasteiger partial charge in [-0.2, -0.15) is 0 Å². The number of ketones is 1. The summed E-state index contributed by atoms with van der Waals surface area (Å²) in [5.41, 5.74) is 4.55. The van der Waals surface area contributed by atoms with E-state index in [0.29, 0.717) is 0 Å². The van der Waals surface area contributed by atoms with Gasteiger partial charge in [0, 0.05) is 19.8 Å². The Labute approximate surface area is 175 Å². The molecule has 0 N–H and O–H groups in total. The number of rotatable bonds is 7. The van der Waals surface area contributed by atoms with Crippen LogP contribution in [0.25, 0.3) is 6.08 Å². The van der Waals surface area contributed by atoms with E-state index in [2.05, 4.69) is 26.8 Å². The summed E-state index contributed by atoms with van der Waals surface area (Å²) in [4.78, 5) is 12.9. The van der Waals surface area contributed by atoms with Gasteiger partial charge in [0.05, 0.1) is 7.11 Å². The predicted molar refractivity (Wildman–Crippen MR) is 118 cm³/mol. The first-order valence-electron chi connectivity index (χ1n) is 10.1. The quantitative estimate of drug-likeness (QED) is 0.415. The molecule has 1 aliphatic rings. The van der Waals surface area contributed by atoms with Crippen molar-refractivity contribution in [2.45, 2.75) is 70.9 Å². The van der Waals surface area contributed by atoms with Gasteiger partial charge >= 0.3 is 7.60 Å². The third-order valence-corrected chi connectivity index (χ3v) is 8.38. The number of allylic oxidation sites excluding steroid dienone is 1. The Morgan fingerprint density at radius 1 is 1.00 bits per heavy atom. The second-order valence-electron chi connectivity index (χ2n) is 9.08. The van der Waals surface area contributed by atoms with Gasteiger partial charge in [0.1, 0.15) is 10.9 Å². The number of methoxy groups -OCH3 is 1. The Balaban J connectivity index is 2.55. The molecule has 0 bridgehead atoms. The lowest BCUT2D eigenvalue weighted by molar-refractivity contribution is -0.116. The number of benzene rings is 1. The van der Waals surface area contributed by atoms with Crippen LogP contribution in [0.15, 0.2) is 12.1 Å². The van der Waals surface area contributed by atoms with Gasteiger partial charge in [-0.3, -0.25) is 9.36 Å². The van der Waals surface area contributed by atoms with Gasteiger partial charge in [0.15, 0.2) is 5.78 Å². The molecule has 0 atom stereocenters. The van der Waals surface area contributed by atoms with Crippen molar-refractivity contribution in [3.8, 4) is 5.75 Å². The highest BCUT2D eigenvalue weighted by Crippen LogP contribution is 2.59. The molecule has 0 unspecified atom stereocenters. The average Bonchev–Trinajstić information content (AvgIpc) is 2.69. The molecule has 0 radical (unpaired) electrons. The molecule has 0 saturated carbocycles. The molecule has 5 nitrogen and oxygen atoms in total. The lowest BCUT2D eigenvalue weighted by atomic mass is 9.78. The molecular weight excluding hydrogens is 387 g/mol. The summed E-state index contributed by atoms with van der Waals surface area (Å²) in [5.74, 6) is 0.682. The highest BCUT2D eigenvalue weighted by molar-refractivity contribution is 7.56. The van der Waals surface area contributed by atoms with Crippen LogP contribution in [0.2, 0.25) is 0 Å². The maximum Gasteiger partial charge on any atom is 0.343 e. The molecule has 1 aromatic rings. The zero-order valence-electron chi connectivity index (χ0n) is 19.0. The second-order valence-corrected chi connectivity index (χ2v) is 11.9. The van der Waals surface area contributed by atoms with Crippen molar-refractivity contribution < 1.29 is 23.1 Å². The molecule has 0 spiro atoms. The number of carbonyl (C=O) groups is 1. The largest absolute Gasteiger partial charge is 0.496 e. The molecule has 0 aromatic heterocycles. The van der Waals surface area contributed by atoms with E-state index in [-0.39, 0.29) is 11.2 Å². The Morgan fingerprint density at radius 2 is 1.55 bits per heavy atom. The van der Waals surface area contributed by atoms with E-state index in [0.717, 1.165) is 42.6 Å². The van der Waals surface area contributed by atoms with Crippen LogP contribution in [0.3, 0.4) is 0 Å². The average molecular weight is 423 g/mol. The summed E-state index contributed by atoms with van der Waals surface area (Å²) >= 11 is 0. The summed E-state index contributed by atoms with van der Waals surface area (Å²) in [6.45, 7) is 9.68. The van der Waals surface area contributed by atoms with E-state index in [4.69, 9.17) is 13.8 Å². The minimum atomic E-state index is -3.55. The van der Waals surface area contributed by atoms with Crippen molar-refractivity contribution in [3.63, 3.8) is 0 Å². The van der Waals surface area contributed by atoms with Crippen LogP contribution in [-0.2, 0) is 36.7 Å². The monoisotopic (exact) mass is 422 g/mol. The van der Waals surface area contributed by atoms with Gasteiger partial charge in [-0.05, 0) is 73.8 Å². The number of ether oxygens (including phenoxy) is 1. The molecule has 162 valence electrons. The number of hydrogen-bond acceptors (Lipinski definition) is 5. The summed E-state index contributed by atoms with van der Waals surface area (Å²) in [6.07, 6.45) is 7.55. The van der Waals surface area contributed by atoms with Crippen LogP contribution in [0, 0.1) is 0 Å². The SMILES string of the molecule is COc1c(C(C)(C)C)cc(/C=C/C(=O)C(C)(C)P(=O)(OC)OC)c2c1CCCC2. The fourth-order valence-electron chi connectivity index (χ4n) is 3.92. The van der Waals surface area contributed by atoms with Crippen LogP contribution < -0.4 is 4.74 Å². The fraction of sp³-hybridized carbons (Fsp3) is 0.609. The third-order valence-electron chi connectivity index (χ3n) is 5.83. The van der Waals surface area contributed by atoms with Crippen LogP contribution in [0.5, 0.6) is 5.75 Å². The first kappa shape index (κ1) is 23.9. The highest BCUT2D eigenvalue weighted by Gasteiger charge is 2.47. The van der Waals surface area contributed by atoms with E-state index in [1.165, 1.54) is 31.4 Å². The molecule has 0 fully saturated rings. The van der Waals surface area contributed by atoms with E-state index < -0.39 is 12.8 Å². The molecular formula is C23H35O5P. The molecule has 0 heterocycles. The standard InChI is InChI=1S/C23H35O5P/c1-22(2,3)19-15-16(17-11-9-10-12-18(17)21(19)26-6)13-14-20(24)23(4,5)29(25,27-7)28-8/h13-15H,9-12H2,1-8H3/b14-13+. The van der Waals surface area contributed by atoms with E-state index in [9.17, 15) is 9.36 Å². The molecule has 0 saturated heterocycles. The first-order chi connectivity index (χ1) is 13.4. The van der Waals surface area contributed by atoms with Gasteiger partial charge in [0.2, 0.25) is 0 Å². The fourth-order valence-corrected chi connectivity index (χ4v) is 5.33. The summed E-state index contributed by atoms with van der Waals surface area (Å²) < 4.78 is 28.8. The van der Waals surface area contributed by atoms with Crippen LogP contribution in [0.4, 0.5) is 0 Å². The van der Waals surface area contributed by atoms with Crippen molar-refractivity contribution in [1.29, 1.82) is 0 Å². The normalized spacial score (nSPS) is 15.4. The van der Waals surface area contributed by atoms with E-state index >= 15 is 0 Å². The first-order valence-corrected chi connectivity index (χ1v) is 11.6. The Hall–Kier alpha value is -1.42. The molecule has 1 aliphatic carbocycles. The Kier molecular flexibility index (Phi) is 7.20. The molecule has 6 heteroatoms. The zero-order chi connectivity index (χ0) is 22.0. The molecule has 0 aliphatic heterocycles. The maximum absolute atomic E-state index is 12.9. The van der Waals surface area contributed by atoms with Gasteiger partial charge in [0.25, 0.3) is 0 Å². The zero-order valence-corrected chi connectivity index (χ0v) is 19.9. The van der Waals surface area contributed by atoms with Crippen molar-refractivity contribution >= 4 is 19.5 Å². The molecule has 2 rings (SSSR count). The topological polar surface area (TPSA) is 61.8 Å². The van der Waals surface area contributed by atoms with Crippen molar-refractivity contribution in [2.24, 2.45) is 0 Å². The Bertz CT molecular complexity index is 838. The van der Waals surface area contributed by atoms with Crippen molar-refractivity contribution in [2.75, 3.05) is 21.3 Å². The van der Waals surface area contributed by atoms with E-state index in [1.54, 1.807) is 21.0 Å². The summed E-state index contributed by atoms with van der Waals surface area (Å²) in [5, 5.41) is -1.27. The lowest BCUT2D eigenvalue weighted by Crippen LogP contribution is -2.31. The molecule has 29 heavy (non-hydrogen) atoms. The lowest BCUT2D eigenvalue weighted by Gasteiger charge is -2.30. The van der Waals surface area contributed by atoms with Crippen molar-refractivity contribution in [1.82, 2.24) is 0 Å². The van der Waals surface area contributed by atoms with Crippen LogP contribution in [0.1, 0.15) is 69.7 Å². The predicted octanol–water partition coefficient (Wildman–Crippen LogP) is 5.72. The number of fused-ring (bicyclic) bond motifs is 1. The highest BCUT2D eigenvalue weighted by atomic mass is 31.2. The molecule has 0 amide bonds. The number of hydrogen-bond donors (Lipinski definition) is 0. The minimum absolute atomic E-state index is 0.0918. The molecule has 1 aromatic carbocycles. The van der Waals surface area contributed by atoms with Crippen molar-refractivity contribution in [3.05, 3.63) is 34.4 Å². The van der Waals surface area contributed by atoms with Crippen LogP contribution in [-0.4, -0.2) is 32.3 Å². The minimum Gasteiger partial charge on any atom is -0.496 e. The van der Waals surface area contributed by atoms with Gasteiger partial charge < -0.3 is 13.8 Å². The van der Waals surface area contributed by atoms with Gasteiger partial charge in [-0.1, -0.05) is 26.8 Å². The number of carbonyl (C=O) groups excluding carboxylic acids is 1. The van der Waals surface area contributed by atoms with Gasteiger partial charge in [-0.15, -0.1) is 0 Å². The summed E-state index contributed by atoms with van der Waals surface area (Å²) in [7, 11) is 0.784. The van der Waals surface area contributed by atoms with Crippen LogP contribution >= 0.6 is 7.60 Å². The smallest absolute Gasteiger partial charge is 0.343 e. The van der Waals surface area contributed by atoms with E-state index in [1.807, 2.05) is 6.08 Å².